The van der Waals surface area contributed by atoms with E-state index < -0.39 is 32.7 Å². The maximum atomic E-state index is 13.8. The number of aromatic nitrogens is 1. The summed E-state index contributed by atoms with van der Waals surface area (Å²) in [5.41, 5.74) is 3.41. The highest BCUT2D eigenvalue weighted by atomic mass is 32.2. The minimum absolute atomic E-state index is 0.355. The second-order valence-electron chi connectivity index (χ2n) is 6.82. The average molecular weight is 418 g/mol. The van der Waals surface area contributed by atoms with Crippen LogP contribution in [0, 0.1) is 5.82 Å². The molecule has 0 aliphatic rings. The van der Waals surface area contributed by atoms with Crippen LogP contribution in [0.15, 0.2) is 53.6 Å². The number of sulfonamides is 1. The van der Waals surface area contributed by atoms with Gasteiger partial charge in [0.1, 0.15) is 10.7 Å². The molecular formula is C21H24FN3O3S. The van der Waals surface area contributed by atoms with E-state index in [0.717, 1.165) is 35.0 Å². The maximum absolute atomic E-state index is 13.8. The lowest BCUT2D eigenvalue weighted by atomic mass is 10.1. The molecule has 3 rings (SSSR count). The fourth-order valence-electron chi connectivity index (χ4n) is 3.26. The number of rotatable bonds is 8. The fourth-order valence-corrected chi connectivity index (χ4v) is 4.54. The summed E-state index contributed by atoms with van der Waals surface area (Å²) in [5, 5.41) is 3.85. The Morgan fingerprint density at radius 3 is 2.62 bits per heavy atom. The molecule has 0 unspecified atom stereocenters. The molecule has 154 valence electrons. The third-order valence-corrected chi connectivity index (χ3v) is 6.39. The van der Waals surface area contributed by atoms with Crippen LogP contribution < -0.4 is 10.0 Å². The number of halogens is 1. The quantitative estimate of drug-likeness (QED) is 0.526. The molecule has 0 spiro atoms. The molecule has 3 N–H and O–H groups in total. The van der Waals surface area contributed by atoms with E-state index in [1.165, 1.54) is 24.6 Å². The van der Waals surface area contributed by atoms with Gasteiger partial charge in [0.15, 0.2) is 0 Å². The monoisotopic (exact) mass is 417 g/mol. The summed E-state index contributed by atoms with van der Waals surface area (Å²) in [7, 11) is -4.13. The molecule has 0 saturated heterocycles. The van der Waals surface area contributed by atoms with Crippen molar-refractivity contribution in [1.82, 2.24) is 15.0 Å². The van der Waals surface area contributed by atoms with Crippen molar-refractivity contribution in [3.8, 4) is 0 Å². The Labute approximate surface area is 169 Å². The van der Waals surface area contributed by atoms with Crippen LogP contribution in [0.2, 0.25) is 0 Å². The Morgan fingerprint density at radius 1 is 1.14 bits per heavy atom. The predicted octanol–water partition coefficient (Wildman–Crippen LogP) is 2.90. The summed E-state index contributed by atoms with van der Waals surface area (Å²) in [4.78, 5) is 15.1. The largest absolute Gasteiger partial charge is 0.361 e. The zero-order chi connectivity index (χ0) is 21.0. The molecule has 3 aromatic rings. The summed E-state index contributed by atoms with van der Waals surface area (Å²) in [6.45, 7) is 3.88. The van der Waals surface area contributed by atoms with Crippen molar-refractivity contribution in [2.75, 3.05) is 6.54 Å². The van der Waals surface area contributed by atoms with Crippen LogP contribution in [0.25, 0.3) is 10.9 Å². The first-order chi connectivity index (χ1) is 13.8. The summed E-state index contributed by atoms with van der Waals surface area (Å²) in [5.74, 6) is -1.34. The third kappa shape index (κ3) is 4.65. The molecule has 8 heteroatoms. The van der Waals surface area contributed by atoms with Crippen molar-refractivity contribution in [3.05, 3.63) is 65.6 Å². The molecule has 0 radical (unpaired) electrons. The van der Waals surface area contributed by atoms with E-state index in [0.29, 0.717) is 13.0 Å². The van der Waals surface area contributed by atoms with Gasteiger partial charge in [-0.3, -0.25) is 4.79 Å². The smallest absolute Gasteiger partial charge is 0.244 e. The molecule has 0 bridgehead atoms. The first-order valence-electron chi connectivity index (χ1n) is 9.46. The first-order valence-corrected chi connectivity index (χ1v) is 10.9. The number of para-hydroxylation sites is 1. The SMILES string of the molecule is CCc1cccc2c(CCNC(=O)[C@H](C)NS(=O)(=O)c3ccccc3F)c[nH]c12. The van der Waals surface area contributed by atoms with E-state index in [2.05, 4.69) is 28.0 Å². The molecule has 1 aromatic heterocycles. The van der Waals surface area contributed by atoms with Crippen LogP contribution >= 0.6 is 0 Å². The van der Waals surface area contributed by atoms with Crippen molar-refractivity contribution in [2.24, 2.45) is 0 Å². The van der Waals surface area contributed by atoms with Crippen molar-refractivity contribution < 1.29 is 17.6 Å². The molecule has 6 nitrogen and oxygen atoms in total. The Hall–Kier alpha value is -2.71. The second kappa shape index (κ2) is 8.75. The zero-order valence-electron chi connectivity index (χ0n) is 16.3. The Morgan fingerprint density at radius 2 is 1.90 bits per heavy atom. The van der Waals surface area contributed by atoms with Gasteiger partial charge in [-0.05, 0) is 43.0 Å². The number of aromatic amines is 1. The number of H-pyrrole nitrogens is 1. The van der Waals surface area contributed by atoms with E-state index in [1.807, 2.05) is 18.3 Å². The van der Waals surface area contributed by atoms with Crippen molar-refractivity contribution >= 4 is 26.8 Å². The number of amides is 1. The molecule has 1 amide bonds. The first kappa shape index (κ1) is 21.0. The van der Waals surface area contributed by atoms with E-state index in [9.17, 15) is 17.6 Å². The lowest BCUT2D eigenvalue weighted by Gasteiger charge is -2.14. The average Bonchev–Trinajstić information content (AvgIpc) is 3.11. The van der Waals surface area contributed by atoms with Crippen LogP contribution in [0.1, 0.15) is 25.0 Å². The van der Waals surface area contributed by atoms with Gasteiger partial charge < -0.3 is 10.3 Å². The van der Waals surface area contributed by atoms with Gasteiger partial charge in [-0.1, -0.05) is 37.3 Å². The fraction of sp³-hybridized carbons (Fsp3) is 0.286. The molecule has 29 heavy (non-hydrogen) atoms. The van der Waals surface area contributed by atoms with E-state index >= 15 is 0 Å². The van der Waals surface area contributed by atoms with Crippen LogP contribution in [-0.2, 0) is 27.7 Å². The number of hydrogen-bond acceptors (Lipinski definition) is 3. The second-order valence-corrected chi connectivity index (χ2v) is 8.50. The number of hydrogen-bond donors (Lipinski definition) is 3. The van der Waals surface area contributed by atoms with E-state index in [1.54, 1.807) is 0 Å². The summed E-state index contributed by atoms with van der Waals surface area (Å²) >= 11 is 0. The van der Waals surface area contributed by atoms with Gasteiger partial charge in [-0.2, -0.15) is 4.72 Å². The highest BCUT2D eigenvalue weighted by molar-refractivity contribution is 7.89. The van der Waals surface area contributed by atoms with Gasteiger partial charge in [0, 0.05) is 23.6 Å². The van der Waals surface area contributed by atoms with Gasteiger partial charge in [0.05, 0.1) is 6.04 Å². The Balaban J connectivity index is 1.59. The predicted molar refractivity (Wildman–Crippen MR) is 111 cm³/mol. The standard InChI is InChI=1S/C21H24FN3O3S/c1-3-15-7-6-8-17-16(13-24-20(15)17)11-12-23-21(26)14(2)25-29(27,28)19-10-5-4-9-18(19)22/h4-10,13-14,24-25H,3,11-12H2,1-2H3,(H,23,26)/t14-/m0/s1. The molecule has 1 heterocycles. The zero-order valence-corrected chi connectivity index (χ0v) is 17.1. The summed E-state index contributed by atoms with van der Waals surface area (Å²) < 4.78 is 40.6. The molecule has 0 saturated carbocycles. The number of benzene rings is 2. The van der Waals surface area contributed by atoms with Gasteiger partial charge in [-0.25, -0.2) is 12.8 Å². The number of carbonyl (C=O) groups is 1. The minimum Gasteiger partial charge on any atom is -0.361 e. The highest BCUT2D eigenvalue weighted by Crippen LogP contribution is 2.22. The molecular weight excluding hydrogens is 393 g/mol. The van der Waals surface area contributed by atoms with Crippen LogP contribution in [0.5, 0.6) is 0 Å². The molecule has 2 aromatic carbocycles. The van der Waals surface area contributed by atoms with Crippen molar-refractivity contribution in [2.45, 2.75) is 37.6 Å². The Kier molecular flexibility index (Phi) is 6.34. The molecule has 1 atom stereocenters. The normalized spacial score (nSPS) is 12.8. The van der Waals surface area contributed by atoms with E-state index in [-0.39, 0.29) is 0 Å². The highest BCUT2D eigenvalue weighted by Gasteiger charge is 2.24. The lowest BCUT2D eigenvalue weighted by Crippen LogP contribution is -2.45. The van der Waals surface area contributed by atoms with Crippen molar-refractivity contribution in [1.29, 1.82) is 0 Å². The van der Waals surface area contributed by atoms with Gasteiger partial charge in [-0.15, -0.1) is 0 Å². The number of aryl methyl sites for hydroxylation is 1. The van der Waals surface area contributed by atoms with E-state index in [4.69, 9.17) is 0 Å². The third-order valence-electron chi connectivity index (χ3n) is 4.81. The Bertz CT molecular complexity index is 1130. The van der Waals surface area contributed by atoms with Gasteiger partial charge in [0.25, 0.3) is 0 Å². The lowest BCUT2D eigenvalue weighted by molar-refractivity contribution is -0.122. The minimum atomic E-state index is -4.13. The molecule has 0 aliphatic carbocycles. The van der Waals surface area contributed by atoms with Crippen LogP contribution in [0.3, 0.4) is 0 Å². The molecule has 0 aliphatic heterocycles. The number of nitrogens with one attached hydrogen (secondary N) is 3. The molecule has 0 fully saturated rings. The number of fused-ring (bicyclic) bond motifs is 1. The van der Waals surface area contributed by atoms with Crippen molar-refractivity contribution in [3.63, 3.8) is 0 Å². The van der Waals surface area contributed by atoms with Crippen LogP contribution in [0.4, 0.5) is 4.39 Å². The summed E-state index contributed by atoms with van der Waals surface area (Å²) in [6, 6.07) is 10.1. The number of carbonyl (C=O) groups excluding carboxylic acids is 1. The van der Waals surface area contributed by atoms with Gasteiger partial charge in [0.2, 0.25) is 15.9 Å². The maximum Gasteiger partial charge on any atom is 0.244 e. The topological polar surface area (TPSA) is 91.1 Å². The van der Waals surface area contributed by atoms with Crippen LogP contribution in [-0.4, -0.2) is 31.9 Å². The van der Waals surface area contributed by atoms with Gasteiger partial charge >= 0.3 is 0 Å². The summed E-state index contributed by atoms with van der Waals surface area (Å²) in [6.07, 6.45) is 3.46.